The van der Waals surface area contributed by atoms with Crippen molar-refractivity contribution in [2.45, 2.75) is 6.92 Å². The van der Waals surface area contributed by atoms with Gasteiger partial charge >= 0.3 is 0 Å². The van der Waals surface area contributed by atoms with Crippen molar-refractivity contribution in [3.63, 3.8) is 0 Å². The number of aromatic nitrogens is 3. The Balaban J connectivity index is 1.43. The first-order valence-corrected chi connectivity index (χ1v) is 10.2. The van der Waals surface area contributed by atoms with E-state index in [1.165, 1.54) is 11.1 Å². The Morgan fingerprint density at radius 2 is 0.871 bits per heavy atom. The molecule has 31 heavy (non-hydrogen) atoms. The van der Waals surface area contributed by atoms with E-state index in [2.05, 4.69) is 75.6 Å². The van der Waals surface area contributed by atoms with E-state index in [1.54, 1.807) is 12.1 Å². The fourth-order valence-corrected chi connectivity index (χ4v) is 3.57. The molecule has 1 aromatic heterocycles. The monoisotopic (exact) mass is 400 g/mol. The van der Waals surface area contributed by atoms with Crippen LogP contribution in [0.15, 0.2) is 109 Å². The summed E-state index contributed by atoms with van der Waals surface area (Å²) in [5, 5.41) is 0. The van der Waals surface area contributed by atoms with Crippen molar-refractivity contribution in [1.29, 1.82) is 0 Å². The lowest BCUT2D eigenvalue weighted by molar-refractivity contribution is 0.992. The van der Waals surface area contributed by atoms with E-state index in [9.17, 15) is 0 Å². The van der Waals surface area contributed by atoms with Crippen LogP contribution in [0.1, 0.15) is 7.20 Å². The average Bonchev–Trinajstić information content (AvgIpc) is 2.84. The van der Waals surface area contributed by atoms with Gasteiger partial charge in [0.1, 0.15) is 5.82 Å². The van der Waals surface area contributed by atoms with Crippen molar-refractivity contribution in [1.82, 2.24) is 15.0 Å². The van der Waals surface area contributed by atoms with Gasteiger partial charge < -0.3 is 0 Å². The van der Waals surface area contributed by atoms with E-state index in [0.717, 1.165) is 22.3 Å². The molecule has 0 amide bonds. The van der Waals surface area contributed by atoms with Crippen LogP contribution < -0.4 is 0 Å². The molecule has 0 bridgehead atoms. The summed E-state index contributed by atoms with van der Waals surface area (Å²) < 4.78 is 7.85. The molecule has 5 rings (SSSR count). The van der Waals surface area contributed by atoms with E-state index in [4.69, 9.17) is 1.37 Å². The summed E-state index contributed by atoms with van der Waals surface area (Å²) in [7, 11) is 0. The fraction of sp³-hybridized carbons (Fsp3) is 0.0357. The van der Waals surface area contributed by atoms with Crippen molar-refractivity contribution < 1.29 is 1.37 Å². The van der Waals surface area contributed by atoms with Gasteiger partial charge in [0, 0.05) is 11.1 Å². The van der Waals surface area contributed by atoms with E-state index in [1.807, 2.05) is 37.3 Å². The van der Waals surface area contributed by atoms with E-state index in [0.29, 0.717) is 23.5 Å². The molecule has 5 aromatic rings. The Bertz CT molecular complexity index is 1360. The Morgan fingerprint density at radius 1 is 0.452 bits per heavy atom. The smallest absolute Gasteiger partial charge is 0.163 e. The molecule has 0 aliphatic carbocycles. The molecule has 0 aliphatic heterocycles. The van der Waals surface area contributed by atoms with Gasteiger partial charge in [-0.25, -0.2) is 15.0 Å². The molecule has 0 aliphatic rings. The highest BCUT2D eigenvalue weighted by Crippen LogP contribution is 2.27. The molecular weight excluding hydrogens is 378 g/mol. The molecule has 0 spiro atoms. The Labute approximate surface area is 183 Å². The maximum absolute atomic E-state index is 7.85. The second kappa shape index (κ2) is 8.33. The van der Waals surface area contributed by atoms with Gasteiger partial charge in [-0.2, -0.15) is 0 Å². The number of aryl methyl sites for hydroxylation is 1. The van der Waals surface area contributed by atoms with Gasteiger partial charge in [-0.05, 0) is 29.2 Å². The van der Waals surface area contributed by atoms with Crippen LogP contribution in [0.3, 0.4) is 0 Å². The lowest BCUT2D eigenvalue weighted by Crippen LogP contribution is -1.99. The predicted molar refractivity (Wildman–Crippen MR) is 126 cm³/mol. The molecule has 4 aromatic carbocycles. The summed E-state index contributed by atoms with van der Waals surface area (Å²) in [4.78, 5) is 13.7. The summed E-state index contributed by atoms with van der Waals surface area (Å²) in [5.74, 6) is 1.87. The topological polar surface area (TPSA) is 38.7 Å². The third-order valence-electron chi connectivity index (χ3n) is 5.18. The maximum Gasteiger partial charge on any atom is 0.163 e. The van der Waals surface area contributed by atoms with Crippen molar-refractivity contribution in [2.24, 2.45) is 0 Å². The molecular formula is C28H21N3. The van der Waals surface area contributed by atoms with E-state index in [-0.39, 0.29) is 0 Å². The van der Waals surface area contributed by atoms with Gasteiger partial charge in [0.25, 0.3) is 0 Å². The minimum Gasteiger partial charge on any atom is -0.213 e. The van der Waals surface area contributed by atoms with Gasteiger partial charge in [-0.1, -0.05) is 109 Å². The number of benzene rings is 4. The second-order valence-electron chi connectivity index (χ2n) is 7.34. The molecule has 0 fully saturated rings. The summed E-state index contributed by atoms with van der Waals surface area (Å²) in [6.45, 7) is 1.86. The molecule has 1 heterocycles. The molecule has 148 valence electrons. The van der Waals surface area contributed by atoms with Crippen molar-refractivity contribution >= 4 is 0 Å². The molecule has 3 nitrogen and oxygen atoms in total. The highest BCUT2D eigenvalue weighted by Gasteiger charge is 2.09. The van der Waals surface area contributed by atoms with Crippen LogP contribution in [0.25, 0.3) is 45.0 Å². The van der Waals surface area contributed by atoms with Crippen molar-refractivity contribution in [3.05, 3.63) is 115 Å². The minimum absolute atomic E-state index is 0.435. The summed E-state index contributed by atoms with van der Waals surface area (Å²) >= 11 is 0. The van der Waals surface area contributed by atoms with Crippen molar-refractivity contribution in [2.75, 3.05) is 0 Å². The van der Waals surface area contributed by atoms with Crippen LogP contribution in [-0.4, -0.2) is 15.0 Å². The average molecular weight is 401 g/mol. The maximum atomic E-state index is 7.85. The molecule has 0 N–H and O–H groups in total. The lowest BCUT2D eigenvalue weighted by atomic mass is 9.99. The molecule has 0 atom stereocenters. The largest absolute Gasteiger partial charge is 0.213 e. The van der Waals surface area contributed by atoms with Gasteiger partial charge in [0.2, 0.25) is 0 Å². The molecule has 0 saturated carbocycles. The van der Waals surface area contributed by atoms with Gasteiger partial charge in [-0.3, -0.25) is 0 Å². The standard InChI is InChI=1S/C28H21N3/c1-20-29-27(25-10-6-3-7-11-25)31-28(30-20)26-18-16-24(17-19-26)23-14-12-22(13-15-23)21-8-4-2-5-9-21/h2-19H,1H3/i6D. The van der Waals surface area contributed by atoms with Crippen molar-refractivity contribution in [3.8, 4) is 45.0 Å². The first-order valence-electron chi connectivity index (χ1n) is 10.7. The lowest BCUT2D eigenvalue weighted by Gasteiger charge is -2.08. The Morgan fingerprint density at radius 3 is 1.42 bits per heavy atom. The second-order valence-corrected chi connectivity index (χ2v) is 7.34. The van der Waals surface area contributed by atoms with Gasteiger partial charge in [0.15, 0.2) is 11.6 Å². The Hall–Kier alpha value is -4.11. The van der Waals surface area contributed by atoms with Gasteiger partial charge in [0.05, 0.1) is 1.37 Å². The van der Waals surface area contributed by atoms with E-state index < -0.39 is 0 Å². The third-order valence-corrected chi connectivity index (χ3v) is 5.18. The predicted octanol–water partition coefficient (Wildman–Crippen LogP) is 6.85. The van der Waals surface area contributed by atoms with E-state index >= 15 is 0 Å². The first kappa shape index (κ1) is 17.7. The van der Waals surface area contributed by atoms with Crippen LogP contribution in [0.2, 0.25) is 0 Å². The van der Waals surface area contributed by atoms with Crippen LogP contribution in [0, 0.1) is 6.92 Å². The highest BCUT2D eigenvalue weighted by atomic mass is 15.0. The van der Waals surface area contributed by atoms with Crippen LogP contribution in [-0.2, 0) is 0 Å². The number of hydrogen-bond donors (Lipinski definition) is 0. The van der Waals surface area contributed by atoms with Crippen LogP contribution >= 0.6 is 0 Å². The number of rotatable bonds is 4. The molecule has 0 saturated heterocycles. The summed E-state index contributed by atoms with van der Waals surface area (Å²) in [6.07, 6.45) is 0. The zero-order valence-corrected chi connectivity index (χ0v) is 17.2. The normalized spacial score (nSPS) is 11.2. The summed E-state index contributed by atoms with van der Waals surface area (Å²) in [5.41, 5.74) is 6.47. The fourth-order valence-electron chi connectivity index (χ4n) is 3.57. The zero-order valence-electron chi connectivity index (χ0n) is 18.2. The minimum atomic E-state index is 0.435. The molecule has 0 unspecified atom stereocenters. The first-order chi connectivity index (χ1) is 15.7. The molecule has 0 radical (unpaired) electrons. The molecule has 3 heteroatoms. The van der Waals surface area contributed by atoms with Gasteiger partial charge in [-0.15, -0.1) is 0 Å². The highest BCUT2D eigenvalue weighted by molar-refractivity contribution is 5.72. The zero-order chi connectivity index (χ0) is 21.9. The third kappa shape index (κ3) is 4.12. The number of hydrogen-bond acceptors (Lipinski definition) is 3. The Kier molecular flexibility index (Phi) is 4.76. The van der Waals surface area contributed by atoms with Crippen LogP contribution in [0.5, 0.6) is 0 Å². The van der Waals surface area contributed by atoms with Crippen LogP contribution in [0.4, 0.5) is 0 Å². The number of nitrogens with zero attached hydrogens (tertiary/aromatic N) is 3. The summed E-state index contributed by atoms with van der Waals surface area (Å²) in [6, 6.07) is 35.0. The quantitative estimate of drug-likeness (QED) is 0.331. The SMILES string of the molecule is [2H]c1cccc(-c2nc(C)nc(-c3ccc(-c4ccc(-c5ccccc5)cc4)cc3)n2)c1.